The minimum Gasteiger partial charge on any atom is -0.469 e. The fourth-order valence-corrected chi connectivity index (χ4v) is 1.49. The fraction of sp³-hybridized carbons (Fsp3) is 0.583. The molecule has 4 nitrogen and oxygen atoms in total. The number of carbonyl (C=O) groups is 1. The standard InChI is InChI=1S/C12H20N2O2/c1-10(8-13-2)9-14-12(15)6-5-11-4-3-7-16-11/h3-4,7,10,13H,5-6,8-9H2,1-2H3,(H,14,15). The van der Waals surface area contributed by atoms with E-state index in [0.29, 0.717) is 18.8 Å². The van der Waals surface area contributed by atoms with Gasteiger partial charge in [0.1, 0.15) is 5.76 Å². The van der Waals surface area contributed by atoms with Gasteiger partial charge in [-0.3, -0.25) is 4.79 Å². The van der Waals surface area contributed by atoms with Crippen molar-refractivity contribution < 1.29 is 9.21 Å². The van der Waals surface area contributed by atoms with Crippen LogP contribution in [-0.2, 0) is 11.2 Å². The van der Waals surface area contributed by atoms with Crippen LogP contribution in [0, 0.1) is 5.92 Å². The molecule has 0 aromatic carbocycles. The summed E-state index contributed by atoms with van der Waals surface area (Å²) in [5.74, 6) is 1.40. The van der Waals surface area contributed by atoms with Gasteiger partial charge in [-0.2, -0.15) is 0 Å². The topological polar surface area (TPSA) is 54.3 Å². The molecule has 16 heavy (non-hydrogen) atoms. The second kappa shape index (κ2) is 7.06. The Labute approximate surface area is 96.4 Å². The van der Waals surface area contributed by atoms with Crippen LogP contribution in [0.5, 0.6) is 0 Å². The van der Waals surface area contributed by atoms with E-state index in [0.717, 1.165) is 18.8 Å². The summed E-state index contributed by atoms with van der Waals surface area (Å²) in [7, 11) is 1.91. The van der Waals surface area contributed by atoms with Gasteiger partial charge in [-0.25, -0.2) is 0 Å². The number of hydrogen-bond acceptors (Lipinski definition) is 3. The fourth-order valence-electron chi connectivity index (χ4n) is 1.49. The number of carbonyl (C=O) groups excluding carboxylic acids is 1. The van der Waals surface area contributed by atoms with E-state index in [1.807, 2.05) is 19.2 Å². The third kappa shape index (κ3) is 4.98. The van der Waals surface area contributed by atoms with E-state index in [1.165, 1.54) is 0 Å². The van der Waals surface area contributed by atoms with E-state index in [2.05, 4.69) is 17.6 Å². The average Bonchev–Trinajstić information content (AvgIpc) is 2.77. The minimum atomic E-state index is 0.0827. The molecule has 4 heteroatoms. The number of furan rings is 1. The third-order valence-electron chi connectivity index (χ3n) is 2.38. The van der Waals surface area contributed by atoms with Crippen LogP contribution in [0.2, 0.25) is 0 Å². The Morgan fingerprint density at radius 1 is 1.50 bits per heavy atom. The Bertz CT molecular complexity index is 296. The Morgan fingerprint density at radius 3 is 2.94 bits per heavy atom. The molecule has 1 aromatic heterocycles. The highest BCUT2D eigenvalue weighted by Gasteiger charge is 2.05. The molecule has 0 bridgehead atoms. The van der Waals surface area contributed by atoms with Crippen molar-refractivity contribution in [3.63, 3.8) is 0 Å². The van der Waals surface area contributed by atoms with Crippen molar-refractivity contribution in [3.8, 4) is 0 Å². The number of hydrogen-bond donors (Lipinski definition) is 2. The molecule has 90 valence electrons. The Hall–Kier alpha value is -1.29. The first-order valence-electron chi connectivity index (χ1n) is 5.66. The van der Waals surface area contributed by atoms with Gasteiger partial charge in [-0.05, 0) is 31.6 Å². The van der Waals surface area contributed by atoms with Crippen molar-refractivity contribution >= 4 is 5.91 Å². The Kier molecular flexibility index (Phi) is 5.64. The van der Waals surface area contributed by atoms with Gasteiger partial charge in [0, 0.05) is 19.4 Å². The molecule has 1 heterocycles. The maximum Gasteiger partial charge on any atom is 0.220 e. The van der Waals surface area contributed by atoms with Crippen LogP contribution in [0.3, 0.4) is 0 Å². The van der Waals surface area contributed by atoms with Crippen molar-refractivity contribution in [3.05, 3.63) is 24.2 Å². The van der Waals surface area contributed by atoms with Crippen molar-refractivity contribution in [2.75, 3.05) is 20.1 Å². The summed E-state index contributed by atoms with van der Waals surface area (Å²) >= 11 is 0. The van der Waals surface area contributed by atoms with Crippen molar-refractivity contribution in [1.29, 1.82) is 0 Å². The number of rotatable bonds is 7. The predicted octanol–water partition coefficient (Wildman–Crippen LogP) is 1.18. The largest absolute Gasteiger partial charge is 0.469 e. The predicted molar refractivity (Wildman–Crippen MR) is 63.1 cm³/mol. The normalized spacial score (nSPS) is 12.4. The van der Waals surface area contributed by atoms with Crippen LogP contribution in [-0.4, -0.2) is 26.0 Å². The molecule has 1 aromatic rings. The summed E-state index contributed by atoms with van der Waals surface area (Å²) in [5.41, 5.74) is 0. The first-order chi connectivity index (χ1) is 7.72. The molecule has 2 N–H and O–H groups in total. The van der Waals surface area contributed by atoms with E-state index in [1.54, 1.807) is 6.26 Å². The summed E-state index contributed by atoms with van der Waals surface area (Å²) in [6, 6.07) is 3.72. The van der Waals surface area contributed by atoms with Gasteiger partial charge in [0.05, 0.1) is 6.26 Å². The van der Waals surface area contributed by atoms with Gasteiger partial charge >= 0.3 is 0 Å². The maximum atomic E-state index is 11.5. The zero-order valence-electron chi connectivity index (χ0n) is 9.95. The second-order valence-electron chi connectivity index (χ2n) is 4.05. The van der Waals surface area contributed by atoms with Gasteiger partial charge in [0.2, 0.25) is 5.91 Å². The number of nitrogens with one attached hydrogen (secondary N) is 2. The average molecular weight is 224 g/mol. The Balaban J connectivity index is 2.11. The molecule has 0 fully saturated rings. The molecule has 0 spiro atoms. The molecule has 0 saturated heterocycles. The number of aryl methyl sites for hydroxylation is 1. The lowest BCUT2D eigenvalue weighted by Crippen LogP contribution is -2.32. The van der Waals surface area contributed by atoms with Gasteiger partial charge in [0.15, 0.2) is 0 Å². The maximum absolute atomic E-state index is 11.5. The van der Waals surface area contributed by atoms with E-state index in [-0.39, 0.29) is 5.91 Å². The highest BCUT2D eigenvalue weighted by Crippen LogP contribution is 2.03. The van der Waals surface area contributed by atoms with Gasteiger partial charge < -0.3 is 15.1 Å². The van der Waals surface area contributed by atoms with Crippen molar-refractivity contribution in [2.45, 2.75) is 19.8 Å². The summed E-state index contributed by atoms with van der Waals surface area (Å²) in [6.45, 7) is 3.74. The molecule has 1 amide bonds. The number of amides is 1. The van der Waals surface area contributed by atoms with Crippen molar-refractivity contribution in [2.24, 2.45) is 5.92 Å². The summed E-state index contributed by atoms with van der Waals surface area (Å²) in [5, 5.41) is 5.99. The van der Waals surface area contributed by atoms with Crippen LogP contribution in [0.1, 0.15) is 19.1 Å². The minimum absolute atomic E-state index is 0.0827. The molecule has 0 radical (unpaired) electrons. The second-order valence-corrected chi connectivity index (χ2v) is 4.05. The molecular formula is C12H20N2O2. The van der Waals surface area contributed by atoms with Crippen LogP contribution < -0.4 is 10.6 Å². The summed E-state index contributed by atoms with van der Waals surface area (Å²) < 4.78 is 5.16. The molecule has 0 aliphatic rings. The van der Waals surface area contributed by atoms with Crippen LogP contribution in [0.25, 0.3) is 0 Å². The lowest BCUT2D eigenvalue weighted by molar-refractivity contribution is -0.121. The molecule has 1 rings (SSSR count). The summed E-state index contributed by atoms with van der Waals surface area (Å²) in [4.78, 5) is 11.5. The smallest absolute Gasteiger partial charge is 0.220 e. The van der Waals surface area contributed by atoms with Crippen molar-refractivity contribution in [1.82, 2.24) is 10.6 Å². The van der Waals surface area contributed by atoms with Gasteiger partial charge in [-0.1, -0.05) is 6.92 Å². The van der Waals surface area contributed by atoms with Crippen LogP contribution in [0.4, 0.5) is 0 Å². The SMILES string of the molecule is CNCC(C)CNC(=O)CCc1ccco1. The quantitative estimate of drug-likeness (QED) is 0.731. The monoisotopic (exact) mass is 224 g/mol. The molecule has 0 saturated carbocycles. The van der Waals surface area contributed by atoms with E-state index < -0.39 is 0 Å². The zero-order chi connectivity index (χ0) is 11.8. The van der Waals surface area contributed by atoms with E-state index in [9.17, 15) is 4.79 Å². The lowest BCUT2D eigenvalue weighted by atomic mass is 10.1. The molecule has 0 aliphatic carbocycles. The summed E-state index contributed by atoms with van der Waals surface area (Å²) in [6.07, 6.45) is 2.78. The highest BCUT2D eigenvalue weighted by atomic mass is 16.3. The molecular weight excluding hydrogens is 204 g/mol. The highest BCUT2D eigenvalue weighted by molar-refractivity contribution is 5.76. The lowest BCUT2D eigenvalue weighted by Gasteiger charge is -2.11. The van der Waals surface area contributed by atoms with Crippen LogP contribution >= 0.6 is 0 Å². The van der Waals surface area contributed by atoms with E-state index >= 15 is 0 Å². The zero-order valence-corrected chi connectivity index (χ0v) is 9.95. The van der Waals surface area contributed by atoms with Gasteiger partial charge in [0.25, 0.3) is 0 Å². The molecule has 0 aliphatic heterocycles. The molecule has 1 unspecified atom stereocenters. The Morgan fingerprint density at radius 2 is 2.31 bits per heavy atom. The third-order valence-corrected chi connectivity index (χ3v) is 2.38. The first-order valence-corrected chi connectivity index (χ1v) is 5.66. The van der Waals surface area contributed by atoms with Gasteiger partial charge in [-0.15, -0.1) is 0 Å². The first kappa shape index (κ1) is 12.8. The van der Waals surface area contributed by atoms with Crippen LogP contribution in [0.15, 0.2) is 22.8 Å². The van der Waals surface area contributed by atoms with E-state index in [4.69, 9.17) is 4.42 Å². The molecule has 1 atom stereocenters.